The summed E-state index contributed by atoms with van der Waals surface area (Å²) in [4.78, 5) is 0. The van der Waals surface area contributed by atoms with E-state index in [-0.39, 0.29) is 5.54 Å². The molecule has 0 saturated carbocycles. The predicted octanol–water partition coefficient (Wildman–Crippen LogP) is 3.66. The second-order valence-corrected chi connectivity index (χ2v) is 6.94. The van der Waals surface area contributed by atoms with Gasteiger partial charge in [-0.15, -0.1) is 5.10 Å². The van der Waals surface area contributed by atoms with Gasteiger partial charge in [-0.05, 0) is 38.5 Å². The molecule has 4 nitrogen and oxygen atoms in total. The largest absolute Gasteiger partial charge is 0.464 e. The van der Waals surface area contributed by atoms with Crippen LogP contribution in [0.25, 0.3) is 0 Å². The molecular formula is C14H18ClN3OS. The average Bonchev–Trinajstić information content (AvgIpc) is 2.81. The zero-order valence-corrected chi connectivity index (χ0v) is 13.4. The van der Waals surface area contributed by atoms with E-state index in [9.17, 15) is 0 Å². The van der Waals surface area contributed by atoms with Gasteiger partial charge in [0.2, 0.25) is 0 Å². The molecular weight excluding hydrogens is 294 g/mol. The Morgan fingerprint density at radius 2 is 2.10 bits per heavy atom. The van der Waals surface area contributed by atoms with Crippen LogP contribution in [0.2, 0.25) is 5.02 Å². The Kier molecular flexibility index (Phi) is 4.96. The number of hydrogen-bond donors (Lipinski definition) is 1. The summed E-state index contributed by atoms with van der Waals surface area (Å²) in [6, 6.07) is 7.59. The van der Waals surface area contributed by atoms with Crippen molar-refractivity contribution in [3.05, 3.63) is 39.9 Å². The van der Waals surface area contributed by atoms with Crippen LogP contribution in [0.5, 0.6) is 5.19 Å². The zero-order valence-electron chi connectivity index (χ0n) is 11.8. The molecule has 0 spiro atoms. The Labute approximate surface area is 128 Å². The number of hydrogen-bond acceptors (Lipinski definition) is 5. The fraction of sp³-hybridized carbons (Fsp3) is 0.429. The highest BCUT2D eigenvalue weighted by Gasteiger charge is 2.11. The summed E-state index contributed by atoms with van der Waals surface area (Å²) in [7, 11) is 0. The van der Waals surface area contributed by atoms with Crippen molar-refractivity contribution >= 4 is 22.9 Å². The first-order chi connectivity index (χ1) is 9.42. The van der Waals surface area contributed by atoms with E-state index >= 15 is 0 Å². The first-order valence-electron chi connectivity index (χ1n) is 6.37. The molecule has 0 amide bonds. The fourth-order valence-electron chi connectivity index (χ4n) is 1.48. The number of rotatable bonds is 5. The summed E-state index contributed by atoms with van der Waals surface area (Å²) in [5.41, 5.74) is 1.08. The van der Waals surface area contributed by atoms with Crippen LogP contribution in [0.3, 0.4) is 0 Å². The predicted molar refractivity (Wildman–Crippen MR) is 82.3 cm³/mol. The summed E-state index contributed by atoms with van der Waals surface area (Å²) >= 11 is 7.38. The number of halogens is 1. The van der Waals surface area contributed by atoms with Crippen LogP contribution in [0.1, 0.15) is 31.3 Å². The third-order valence-electron chi connectivity index (χ3n) is 2.47. The minimum absolute atomic E-state index is 0.0630. The molecule has 108 valence electrons. The van der Waals surface area contributed by atoms with Crippen molar-refractivity contribution in [1.29, 1.82) is 0 Å². The van der Waals surface area contributed by atoms with Gasteiger partial charge < -0.3 is 10.1 Å². The monoisotopic (exact) mass is 311 g/mol. The summed E-state index contributed by atoms with van der Waals surface area (Å²) < 4.78 is 5.62. The van der Waals surface area contributed by atoms with Gasteiger partial charge in [-0.3, -0.25) is 0 Å². The van der Waals surface area contributed by atoms with Gasteiger partial charge in [-0.1, -0.05) is 40.2 Å². The Hall–Kier alpha value is -1.17. The lowest BCUT2D eigenvalue weighted by Crippen LogP contribution is -2.35. The van der Waals surface area contributed by atoms with Gasteiger partial charge in [0.05, 0.1) is 6.54 Å². The molecule has 6 heteroatoms. The van der Waals surface area contributed by atoms with Crippen molar-refractivity contribution in [3.63, 3.8) is 0 Å². The highest BCUT2D eigenvalue weighted by atomic mass is 35.5. The Morgan fingerprint density at radius 1 is 1.30 bits per heavy atom. The average molecular weight is 312 g/mol. The molecule has 1 aromatic heterocycles. The molecule has 20 heavy (non-hydrogen) atoms. The van der Waals surface area contributed by atoms with Crippen LogP contribution >= 0.6 is 22.9 Å². The lowest BCUT2D eigenvalue weighted by Gasteiger charge is -2.19. The van der Waals surface area contributed by atoms with E-state index in [4.69, 9.17) is 16.3 Å². The highest BCUT2D eigenvalue weighted by Crippen LogP contribution is 2.20. The third-order valence-corrected chi connectivity index (χ3v) is 3.54. The van der Waals surface area contributed by atoms with Crippen LogP contribution in [0, 0.1) is 0 Å². The van der Waals surface area contributed by atoms with Gasteiger partial charge >= 0.3 is 0 Å². The minimum Gasteiger partial charge on any atom is -0.464 e. The fourth-order valence-corrected chi connectivity index (χ4v) is 2.32. The number of nitrogens with one attached hydrogen (secondary N) is 1. The lowest BCUT2D eigenvalue weighted by atomic mass is 10.1. The summed E-state index contributed by atoms with van der Waals surface area (Å²) in [6.45, 7) is 7.49. The van der Waals surface area contributed by atoms with Gasteiger partial charge in [0.1, 0.15) is 11.6 Å². The molecule has 0 aliphatic heterocycles. The number of aromatic nitrogens is 2. The Bertz CT molecular complexity index is 566. The minimum atomic E-state index is 0.0630. The van der Waals surface area contributed by atoms with E-state index in [2.05, 4.69) is 36.3 Å². The maximum absolute atomic E-state index is 5.93. The van der Waals surface area contributed by atoms with E-state index in [0.717, 1.165) is 10.6 Å². The maximum Gasteiger partial charge on any atom is 0.294 e. The highest BCUT2D eigenvalue weighted by molar-refractivity contribution is 7.13. The molecule has 0 bridgehead atoms. The van der Waals surface area contributed by atoms with Crippen molar-refractivity contribution in [2.75, 3.05) is 0 Å². The molecule has 0 aliphatic carbocycles. The maximum atomic E-state index is 5.93. The summed E-state index contributed by atoms with van der Waals surface area (Å²) in [5, 5.41) is 13.7. The van der Waals surface area contributed by atoms with Gasteiger partial charge in [-0.2, -0.15) is 0 Å². The first kappa shape index (κ1) is 15.2. The number of ether oxygens (including phenoxy) is 1. The van der Waals surface area contributed by atoms with Crippen molar-refractivity contribution in [2.24, 2.45) is 0 Å². The molecule has 1 heterocycles. The lowest BCUT2D eigenvalue weighted by molar-refractivity contribution is 0.302. The summed E-state index contributed by atoms with van der Waals surface area (Å²) in [6.07, 6.45) is 0. The number of nitrogens with zero attached hydrogens (tertiary/aromatic N) is 2. The molecule has 0 fully saturated rings. The van der Waals surface area contributed by atoms with Crippen LogP contribution in [0.15, 0.2) is 24.3 Å². The molecule has 2 rings (SSSR count). The number of benzene rings is 1. The second-order valence-electron chi connectivity index (χ2n) is 5.48. The van der Waals surface area contributed by atoms with E-state index in [0.29, 0.717) is 23.4 Å². The van der Waals surface area contributed by atoms with Crippen LogP contribution in [0.4, 0.5) is 0 Å². The second kappa shape index (κ2) is 6.52. The Morgan fingerprint density at radius 3 is 2.80 bits per heavy atom. The topological polar surface area (TPSA) is 47.0 Å². The molecule has 0 aliphatic rings. The standard InChI is InChI=1S/C14H18ClN3OS/c1-14(2,3)16-8-12-17-18-13(20-12)19-9-10-5-4-6-11(15)7-10/h4-7,16H,8-9H2,1-3H3. The SMILES string of the molecule is CC(C)(C)NCc1nnc(OCc2cccc(Cl)c2)s1. The van der Waals surface area contributed by atoms with Gasteiger partial charge in [0.15, 0.2) is 0 Å². The van der Waals surface area contributed by atoms with Crippen molar-refractivity contribution < 1.29 is 4.74 Å². The molecule has 2 aromatic rings. The van der Waals surface area contributed by atoms with Gasteiger partial charge in [-0.25, -0.2) is 0 Å². The van der Waals surface area contributed by atoms with Crippen molar-refractivity contribution in [2.45, 2.75) is 39.5 Å². The van der Waals surface area contributed by atoms with E-state index in [1.165, 1.54) is 11.3 Å². The van der Waals surface area contributed by atoms with Gasteiger partial charge in [0.25, 0.3) is 5.19 Å². The van der Waals surface area contributed by atoms with Crippen molar-refractivity contribution in [3.8, 4) is 5.19 Å². The normalized spacial score (nSPS) is 11.6. The Balaban J connectivity index is 1.87. The summed E-state index contributed by atoms with van der Waals surface area (Å²) in [5.74, 6) is 0. The quantitative estimate of drug-likeness (QED) is 0.915. The molecule has 0 atom stereocenters. The van der Waals surface area contributed by atoms with Crippen LogP contribution < -0.4 is 10.1 Å². The molecule has 1 aromatic carbocycles. The zero-order chi connectivity index (χ0) is 14.6. The molecule has 0 saturated heterocycles. The van der Waals surface area contributed by atoms with Gasteiger partial charge in [0, 0.05) is 10.6 Å². The molecule has 0 radical (unpaired) electrons. The smallest absolute Gasteiger partial charge is 0.294 e. The molecule has 0 unspecified atom stereocenters. The van der Waals surface area contributed by atoms with E-state index in [1.807, 2.05) is 24.3 Å². The molecule has 1 N–H and O–H groups in total. The van der Waals surface area contributed by atoms with Crippen LogP contribution in [-0.2, 0) is 13.2 Å². The van der Waals surface area contributed by atoms with Crippen molar-refractivity contribution in [1.82, 2.24) is 15.5 Å². The van der Waals surface area contributed by atoms with E-state index < -0.39 is 0 Å². The van der Waals surface area contributed by atoms with Crippen LogP contribution in [-0.4, -0.2) is 15.7 Å². The van der Waals surface area contributed by atoms with E-state index in [1.54, 1.807) is 0 Å². The third kappa shape index (κ3) is 5.07. The first-order valence-corrected chi connectivity index (χ1v) is 7.56.